The molecule has 0 unspecified atom stereocenters. The van der Waals surface area contributed by atoms with E-state index in [1.54, 1.807) is 14.2 Å². The summed E-state index contributed by atoms with van der Waals surface area (Å²) in [6, 6.07) is 15.3. The van der Waals surface area contributed by atoms with Gasteiger partial charge in [0.15, 0.2) is 5.78 Å². The number of dihydropyridines is 1. The topological polar surface area (TPSA) is 73.9 Å². The largest absolute Gasteiger partial charge is 0.497 e. The van der Waals surface area contributed by atoms with Gasteiger partial charge in [0.25, 0.3) is 0 Å². The average Bonchev–Trinajstić information content (AvgIpc) is 2.82. The molecule has 0 aromatic heterocycles. The van der Waals surface area contributed by atoms with Crippen molar-refractivity contribution in [1.82, 2.24) is 5.32 Å². The van der Waals surface area contributed by atoms with E-state index < -0.39 is 11.9 Å². The van der Waals surface area contributed by atoms with Crippen molar-refractivity contribution < 1.29 is 23.8 Å². The van der Waals surface area contributed by atoms with Gasteiger partial charge in [-0.15, -0.1) is 0 Å². The van der Waals surface area contributed by atoms with E-state index in [0.29, 0.717) is 35.4 Å². The molecule has 2 atom stereocenters. The molecule has 1 heterocycles. The lowest BCUT2D eigenvalue weighted by Crippen LogP contribution is -2.36. The van der Waals surface area contributed by atoms with Gasteiger partial charge in [-0.1, -0.05) is 24.3 Å². The highest BCUT2D eigenvalue weighted by Gasteiger charge is 2.41. The first-order chi connectivity index (χ1) is 15.5. The van der Waals surface area contributed by atoms with Crippen LogP contribution in [-0.2, 0) is 14.3 Å². The Bertz CT molecular complexity index is 1110. The van der Waals surface area contributed by atoms with Crippen molar-refractivity contribution >= 4 is 11.8 Å². The van der Waals surface area contributed by atoms with Gasteiger partial charge >= 0.3 is 5.97 Å². The van der Waals surface area contributed by atoms with E-state index in [2.05, 4.69) is 5.32 Å². The monoisotopic (exact) mass is 433 g/mol. The fraction of sp³-hybridized carbons (Fsp3) is 0.308. The molecule has 1 N–H and O–H groups in total. The third-order valence-electron chi connectivity index (χ3n) is 6.25. The lowest BCUT2D eigenvalue weighted by Gasteiger charge is -2.36. The predicted octanol–water partition coefficient (Wildman–Crippen LogP) is 4.24. The third-order valence-corrected chi connectivity index (χ3v) is 6.25. The molecule has 6 nitrogen and oxygen atoms in total. The summed E-state index contributed by atoms with van der Waals surface area (Å²) >= 11 is 0. The highest BCUT2D eigenvalue weighted by Crippen LogP contribution is 2.46. The number of Topliss-reactive ketones (excluding diaryl/α,β-unsaturated/α-hetero) is 1. The molecule has 166 valence electrons. The van der Waals surface area contributed by atoms with Crippen LogP contribution in [0.2, 0.25) is 0 Å². The first kappa shape index (κ1) is 21.7. The van der Waals surface area contributed by atoms with Crippen LogP contribution in [0.5, 0.6) is 11.5 Å². The molecule has 2 aromatic carbocycles. The van der Waals surface area contributed by atoms with Crippen molar-refractivity contribution in [2.45, 2.75) is 31.6 Å². The van der Waals surface area contributed by atoms with Gasteiger partial charge in [-0.2, -0.15) is 0 Å². The lowest BCUT2D eigenvalue weighted by molar-refractivity contribution is -0.136. The highest BCUT2D eigenvalue weighted by molar-refractivity contribution is 6.04. The smallest absolute Gasteiger partial charge is 0.336 e. The third kappa shape index (κ3) is 3.88. The number of allylic oxidation sites excluding steroid dienone is 3. The summed E-state index contributed by atoms with van der Waals surface area (Å²) in [4.78, 5) is 26.3. The molecular weight excluding hydrogens is 406 g/mol. The molecule has 2 aromatic rings. The van der Waals surface area contributed by atoms with Gasteiger partial charge in [0, 0.05) is 29.3 Å². The van der Waals surface area contributed by atoms with Gasteiger partial charge in [-0.25, -0.2) is 4.79 Å². The van der Waals surface area contributed by atoms with E-state index >= 15 is 0 Å². The van der Waals surface area contributed by atoms with Crippen molar-refractivity contribution in [3.63, 3.8) is 0 Å². The van der Waals surface area contributed by atoms with E-state index in [1.165, 1.54) is 7.11 Å². The minimum Gasteiger partial charge on any atom is -0.497 e. The van der Waals surface area contributed by atoms with Crippen LogP contribution in [0, 0.1) is 0 Å². The van der Waals surface area contributed by atoms with Crippen LogP contribution in [0.25, 0.3) is 0 Å². The fourth-order valence-corrected chi connectivity index (χ4v) is 4.69. The lowest BCUT2D eigenvalue weighted by atomic mass is 9.71. The van der Waals surface area contributed by atoms with E-state index in [0.717, 1.165) is 22.6 Å². The maximum Gasteiger partial charge on any atom is 0.336 e. The van der Waals surface area contributed by atoms with Crippen LogP contribution >= 0.6 is 0 Å². The molecule has 0 radical (unpaired) electrons. The number of rotatable bonds is 5. The number of ketones is 1. The maximum atomic E-state index is 13.5. The Morgan fingerprint density at radius 2 is 1.66 bits per heavy atom. The van der Waals surface area contributed by atoms with Crippen molar-refractivity contribution in [2.75, 3.05) is 21.3 Å². The summed E-state index contributed by atoms with van der Waals surface area (Å²) in [5.41, 5.74) is 4.57. The summed E-state index contributed by atoms with van der Waals surface area (Å²) in [6.07, 6.45) is 1.06. The van der Waals surface area contributed by atoms with Gasteiger partial charge in [-0.05, 0) is 54.7 Å². The first-order valence-electron chi connectivity index (χ1n) is 10.6. The van der Waals surface area contributed by atoms with E-state index in [1.807, 2.05) is 55.5 Å². The molecule has 32 heavy (non-hydrogen) atoms. The second-order valence-electron chi connectivity index (χ2n) is 8.06. The molecule has 1 aliphatic carbocycles. The Kier molecular flexibility index (Phi) is 6.04. The molecule has 0 bridgehead atoms. The number of hydrogen-bond acceptors (Lipinski definition) is 6. The number of benzene rings is 2. The summed E-state index contributed by atoms with van der Waals surface area (Å²) in [5.74, 6) is 0.590. The Labute approximate surface area is 187 Å². The normalized spacial score (nSPS) is 20.4. The average molecular weight is 434 g/mol. The van der Waals surface area contributed by atoms with Crippen molar-refractivity contribution in [3.8, 4) is 11.5 Å². The second kappa shape index (κ2) is 8.91. The van der Waals surface area contributed by atoms with Gasteiger partial charge < -0.3 is 19.5 Å². The number of hydrogen-bond donors (Lipinski definition) is 1. The standard InChI is InChI=1S/C26H27NO5/c1-15-23(26(29)32-4)24(17-6-5-7-20(12-17)31-3)25-21(27-15)13-18(14-22(25)28)16-8-10-19(30-2)11-9-16/h5-12,18,24,27H,13-14H2,1-4H3/t18-,24+/m0/s1. The zero-order valence-corrected chi connectivity index (χ0v) is 18.7. The van der Waals surface area contributed by atoms with Crippen molar-refractivity contribution in [2.24, 2.45) is 0 Å². The second-order valence-corrected chi connectivity index (χ2v) is 8.06. The quantitative estimate of drug-likeness (QED) is 0.711. The summed E-state index contributed by atoms with van der Waals surface area (Å²) in [6.45, 7) is 1.85. The predicted molar refractivity (Wildman–Crippen MR) is 121 cm³/mol. The molecule has 6 heteroatoms. The van der Waals surface area contributed by atoms with Gasteiger partial charge in [-0.3, -0.25) is 4.79 Å². The van der Waals surface area contributed by atoms with Crippen LogP contribution in [0.1, 0.15) is 42.7 Å². The van der Waals surface area contributed by atoms with Crippen molar-refractivity contribution in [3.05, 3.63) is 82.2 Å². The molecule has 0 fully saturated rings. The molecule has 0 saturated heterocycles. The van der Waals surface area contributed by atoms with Crippen LogP contribution in [0.4, 0.5) is 0 Å². The number of methoxy groups -OCH3 is 3. The Morgan fingerprint density at radius 1 is 0.938 bits per heavy atom. The molecule has 2 aliphatic rings. The van der Waals surface area contributed by atoms with Crippen molar-refractivity contribution in [1.29, 1.82) is 0 Å². The molecule has 4 rings (SSSR count). The minimum absolute atomic E-state index is 0.0290. The fourth-order valence-electron chi connectivity index (χ4n) is 4.69. The zero-order chi connectivity index (χ0) is 22.8. The maximum absolute atomic E-state index is 13.5. The van der Waals surface area contributed by atoms with Gasteiger partial charge in [0.05, 0.1) is 26.9 Å². The number of ether oxygens (including phenoxy) is 3. The first-order valence-corrected chi connectivity index (χ1v) is 10.6. The number of esters is 1. The molecular formula is C26H27NO5. The van der Waals surface area contributed by atoms with Gasteiger partial charge in [0.1, 0.15) is 11.5 Å². The summed E-state index contributed by atoms with van der Waals surface area (Å²) in [7, 11) is 4.59. The minimum atomic E-state index is -0.502. The van der Waals surface area contributed by atoms with Crippen LogP contribution < -0.4 is 14.8 Å². The van der Waals surface area contributed by atoms with Crippen LogP contribution in [-0.4, -0.2) is 33.1 Å². The Balaban J connectivity index is 1.78. The molecule has 0 amide bonds. The Hall–Kier alpha value is -3.54. The van der Waals surface area contributed by atoms with Crippen LogP contribution in [0.15, 0.2) is 71.1 Å². The van der Waals surface area contributed by atoms with E-state index in [4.69, 9.17) is 14.2 Å². The number of nitrogens with one attached hydrogen (secondary N) is 1. The number of carbonyl (C=O) groups is 2. The summed E-state index contributed by atoms with van der Waals surface area (Å²) in [5, 5.41) is 3.35. The van der Waals surface area contributed by atoms with Crippen LogP contribution in [0.3, 0.4) is 0 Å². The van der Waals surface area contributed by atoms with E-state index in [9.17, 15) is 9.59 Å². The molecule has 0 saturated carbocycles. The molecule has 1 aliphatic heterocycles. The zero-order valence-electron chi connectivity index (χ0n) is 18.7. The highest BCUT2D eigenvalue weighted by atomic mass is 16.5. The number of carbonyl (C=O) groups excluding carboxylic acids is 2. The SMILES string of the molecule is COC(=O)C1=C(C)NC2=C(C(=O)C[C@@H](c3ccc(OC)cc3)C2)[C@@H]1c1cccc(OC)c1. The summed E-state index contributed by atoms with van der Waals surface area (Å²) < 4.78 is 15.7. The Morgan fingerprint density at radius 3 is 2.31 bits per heavy atom. The van der Waals surface area contributed by atoms with E-state index in [-0.39, 0.29) is 11.7 Å². The van der Waals surface area contributed by atoms with Gasteiger partial charge in [0.2, 0.25) is 0 Å². The molecule has 0 spiro atoms.